The number of rotatable bonds is 4. The summed E-state index contributed by atoms with van der Waals surface area (Å²) in [6, 6.07) is 9.90. The molecule has 3 N–H and O–H groups in total. The predicted molar refractivity (Wildman–Crippen MR) is 122 cm³/mol. The fourth-order valence-corrected chi connectivity index (χ4v) is 5.20. The minimum atomic E-state index is -0.665. The third-order valence-corrected chi connectivity index (χ3v) is 6.72. The molecule has 11 heteroatoms. The highest BCUT2D eigenvalue weighted by Crippen LogP contribution is 2.46. The van der Waals surface area contributed by atoms with Crippen LogP contribution >= 0.6 is 11.8 Å². The van der Waals surface area contributed by atoms with E-state index >= 15 is 0 Å². The van der Waals surface area contributed by atoms with Crippen molar-refractivity contribution < 1.29 is 13.6 Å². The summed E-state index contributed by atoms with van der Waals surface area (Å²) in [5, 5.41) is 3.29. The number of amides is 1. The molecule has 2 aliphatic rings. The van der Waals surface area contributed by atoms with Crippen molar-refractivity contribution >= 4 is 34.5 Å². The first kappa shape index (κ1) is 21.3. The zero-order valence-corrected chi connectivity index (χ0v) is 18.1. The quantitative estimate of drug-likeness (QED) is 0.607. The molecule has 33 heavy (non-hydrogen) atoms. The fourth-order valence-electron chi connectivity index (χ4n) is 4.22. The van der Waals surface area contributed by atoms with Gasteiger partial charge in [0.25, 0.3) is 5.91 Å². The van der Waals surface area contributed by atoms with Crippen LogP contribution in [0.2, 0.25) is 0 Å². The van der Waals surface area contributed by atoms with Crippen LogP contribution in [0, 0.1) is 17.6 Å². The average Bonchev–Trinajstić information content (AvgIpc) is 3.20. The molecule has 168 valence electrons. The van der Waals surface area contributed by atoms with E-state index in [1.54, 1.807) is 6.07 Å². The smallest absolute Gasteiger partial charge is 0.274 e. The minimum absolute atomic E-state index is 0.105. The number of pyridine rings is 1. The first-order chi connectivity index (χ1) is 15.9. The normalized spacial score (nSPS) is 21.9. The van der Waals surface area contributed by atoms with Crippen LogP contribution in [0.3, 0.4) is 0 Å². The van der Waals surface area contributed by atoms with Crippen molar-refractivity contribution in [2.24, 2.45) is 16.6 Å². The van der Waals surface area contributed by atoms with Gasteiger partial charge in [0.15, 0.2) is 11.0 Å². The summed E-state index contributed by atoms with van der Waals surface area (Å²) in [4.78, 5) is 31.4. The maximum Gasteiger partial charge on any atom is 0.274 e. The van der Waals surface area contributed by atoms with Gasteiger partial charge in [-0.1, -0.05) is 23.9 Å². The van der Waals surface area contributed by atoms with Crippen molar-refractivity contribution in [2.75, 3.05) is 29.1 Å². The maximum absolute atomic E-state index is 13.3. The lowest BCUT2D eigenvalue weighted by molar-refractivity contribution is 0.102. The molecule has 2 aliphatic heterocycles. The van der Waals surface area contributed by atoms with Gasteiger partial charge >= 0.3 is 0 Å². The number of aromatic nitrogens is 3. The highest BCUT2D eigenvalue weighted by Gasteiger charge is 2.50. The molecule has 3 aromatic rings. The van der Waals surface area contributed by atoms with E-state index in [1.165, 1.54) is 23.9 Å². The Morgan fingerprint density at radius 3 is 2.67 bits per heavy atom. The molecule has 1 saturated heterocycles. The largest absolute Gasteiger partial charge is 0.379 e. The molecule has 2 aromatic heterocycles. The number of anilines is 2. The Morgan fingerprint density at radius 2 is 1.91 bits per heavy atom. The number of hydrogen-bond acceptors (Lipinski definition) is 8. The fraction of sp³-hybridized carbons (Fsp3) is 0.227. The summed E-state index contributed by atoms with van der Waals surface area (Å²) >= 11 is 1.49. The van der Waals surface area contributed by atoms with Crippen molar-refractivity contribution in [1.29, 1.82) is 0 Å². The van der Waals surface area contributed by atoms with Crippen LogP contribution < -0.4 is 16.0 Å². The third kappa shape index (κ3) is 4.11. The van der Waals surface area contributed by atoms with Gasteiger partial charge < -0.3 is 16.0 Å². The lowest BCUT2D eigenvalue weighted by Crippen LogP contribution is -2.40. The van der Waals surface area contributed by atoms with Crippen LogP contribution in [0.15, 0.2) is 60.0 Å². The molecule has 1 unspecified atom stereocenters. The van der Waals surface area contributed by atoms with E-state index in [4.69, 9.17) is 10.7 Å². The van der Waals surface area contributed by atoms with E-state index in [1.807, 2.05) is 23.1 Å². The van der Waals surface area contributed by atoms with Crippen molar-refractivity contribution in [1.82, 2.24) is 15.0 Å². The number of thioether (sulfide) groups is 1. The Kier molecular flexibility index (Phi) is 5.41. The Labute approximate surface area is 192 Å². The van der Waals surface area contributed by atoms with Crippen molar-refractivity contribution in [3.8, 4) is 0 Å². The topological polar surface area (TPSA) is 109 Å². The highest BCUT2D eigenvalue weighted by atomic mass is 32.2. The van der Waals surface area contributed by atoms with Crippen molar-refractivity contribution in [2.45, 2.75) is 5.54 Å². The van der Waals surface area contributed by atoms with Gasteiger partial charge in [-0.25, -0.2) is 28.7 Å². The lowest BCUT2D eigenvalue weighted by atomic mass is 9.81. The van der Waals surface area contributed by atoms with Gasteiger partial charge in [0.2, 0.25) is 5.95 Å². The maximum atomic E-state index is 13.3. The molecule has 1 amide bonds. The molecule has 1 aromatic carbocycles. The van der Waals surface area contributed by atoms with E-state index < -0.39 is 23.1 Å². The Hall–Kier alpha value is -3.60. The summed E-state index contributed by atoms with van der Waals surface area (Å²) in [6.07, 6.45) is 3.28. The van der Waals surface area contributed by atoms with Gasteiger partial charge in [-0.15, -0.1) is 0 Å². The van der Waals surface area contributed by atoms with Crippen LogP contribution in [-0.2, 0) is 5.54 Å². The van der Waals surface area contributed by atoms with E-state index in [0.717, 1.165) is 29.9 Å². The number of halogens is 2. The van der Waals surface area contributed by atoms with Gasteiger partial charge in [-0.2, -0.15) is 0 Å². The van der Waals surface area contributed by atoms with Gasteiger partial charge in [0, 0.05) is 23.9 Å². The molecule has 8 nitrogen and oxygen atoms in total. The first-order valence-electron chi connectivity index (χ1n) is 10.2. The van der Waals surface area contributed by atoms with E-state index in [0.29, 0.717) is 29.9 Å². The number of nitrogens with one attached hydrogen (secondary N) is 1. The number of hydrogen-bond donors (Lipinski definition) is 2. The molecule has 0 saturated carbocycles. The molecular weight excluding hydrogens is 448 g/mol. The highest BCUT2D eigenvalue weighted by molar-refractivity contribution is 8.13. The number of fused-ring (bicyclic) bond motifs is 1. The molecule has 0 bridgehead atoms. The standard InChI is InChI=1S/C22H19F2N7OS/c23-15-4-5-18(26-7-15)19(32)29-17-3-1-2-13(6-17)22-12-31(21-27-8-16(24)9-28-21)10-14(22)11-33-20(25)30-22/h1-9,14H,10-12H2,(H2,25,30)(H,29,32)/t14-,22?/m0/s1. The summed E-state index contributed by atoms with van der Waals surface area (Å²) in [5.41, 5.74) is 7.01. The molecule has 0 aliphatic carbocycles. The van der Waals surface area contributed by atoms with E-state index in [9.17, 15) is 13.6 Å². The monoisotopic (exact) mass is 467 g/mol. The summed E-state index contributed by atoms with van der Waals surface area (Å²) in [7, 11) is 0. The van der Waals surface area contributed by atoms with Gasteiger partial charge in [-0.3, -0.25) is 4.79 Å². The van der Waals surface area contributed by atoms with Crippen LogP contribution in [0.25, 0.3) is 0 Å². The molecule has 0 spiro atoms. The lowest BCUT2D eigenvalue weighted by Gasteiger charge is -2.34. The van der Waals surface area contributed by atoms with E-state index in [2.05, 4.69) is 20.3 Å². The average molecular weight is 468 g/mol. The summed E-state index contributed by atoms with van der Waals surface area (Å²) in [6.45, 7) is 1.09. The number of nitrogens with zero attached hydrogens (tertiary/aromatic N) is 5. The van der Waals surface area contributed by atoms with Crippen molar-refractivity contribution in [3.05, 3.63) is 77.9 Å². The van der Waals surface area contributed by atoms with Gasteiger partial charge in [-0.05, 0) is 29.8 Å². The summed E-state index contributed by atoms with van der Waals surface area (Å²) < 4.78 is 26.4. The van der Waals surface area contributed by atoms with Crippen LogP contribution in [0.4, 0.5) is 20.4 Å². The number of nitrogens with two attached hydrogens (primary N) is 1. The molecule has 0 radical (unpaired) electrons. The molecular formula is C22H19F2N7OS. The Morgan fingerprint density at radius 1 is 1.12 bits per heavy atom. The number of carbonyl (C=O) groups is 1. The minimum Gasteiger partial charge on any atom is -0.379 e. The number of carbonyl (C=O) groups excluding carboxylic acids is 1. The number of benzene rings is 1. The zero-order chi connectivity index (χ0) is 23.0. The van der Waals surface area contributed by atoms with Crippen LogP contribution in [0.1, 0.15) is 16.1 Å². The van der Waals surface area contributed by atoms with Gasteiger partial charge in [0.1, 0.15) is 17.1 Å². The zero-order valence-electron chi connectivity index (χ0n) is 17.3. The van der Waals surface area contributed by atoms with Crippen molar-refractivity contribution in [3.63, 3.8) is 0 Å². The van der Waals surface area contributed by atoms with Gasteiger partial charge in [0.05, 0.1) is 25.1 Å². The number of aliphatic imine (C=N–C) groups is 1. The second-order valence-electron chi connectivity index (χ2n) is 7.86. The first-order valence-corrected chi connectivity index (χ1v) is 11.2. The SMILES string of the molecule is NC1=NC2(c3cccc(NC(=O)c4ccc(F)cn4)c3)CN(c3ncc(F)cn3)C[C@H]2CS1. The molecule has 1 fully saturated rings. The second kappa shape index (κ2) is 8.39. The Balaban J connectivity index is 1.46. The van der Waals surface area contributed by atoms with Crippen LogP contribution in [-0.4, -0.2) is 44.9 Å². The Bertz CT molecular complexity index is 1220. The van der Waals surface area contributed by atoms with E-state index in [-0.39, 0.29) is 11.6 Å². The second-order valence-corrected chi connectivity index (χ2v) is 8.90. The molecule has 5 rings (SSSR count). The predicted octanol–water partition coefficient (Wildman–Crippen LogP) is 2.80. The van der Waals surface area contributed by atoms with Crippen LogP contribution in [0.5, 0.6) is 0 Å². The summed E-state index contributed by atoms with van der Waals surface area (Å²) in [5.74, 6) is -0.175. The molecule has 4 heterocycles. The number of amidine groups is 1. The molecule has 2 atom stereocenters. The third-order valence-electron chi connectivity index (χ3n) is 5.76.